The molecule has 838 valence electrons. The summed E-state index contributed by atoms with van der Waals surface area (Å²) in [5.74, 6) is 0.904. The SMILES string of the molecule is C.C.C.C.C.C.C.C.C=C1C[C@H](CCCC)O[C@H]1CCCO.CCCCC(=O)C[C@H](O)[C@H](Cl)CCCOCc1ccccc1.CCCCC(C)=O.CCCC[C@H](O)C[C@H](O)[C@H](Cl)CCCOCc1ccccc1.CCCC[C@H]1CC(=O)[C@H](CCCO)O1.CCCC[C@H]1CC(=O)[C@H](CCCOCc2ccccc2)O1.CCCC[C@H]1C[C@H](O)[C@H](CCCOCc2ccccc2)O1.CO[C@H](Cl)CCCOCc1ccccc1. The normalized spacial score (nSPS) is 18.4. The third-order valence-electron chi connectivity index (χ3n) is 23.6. The number of aliphatic hydroxyl groups excluding tert-OH is 6. The lowest BCUT2D eigenvalue weighted by atomic mass is 10.0. The van der Waals surface area contributed by atoms with Gasteiger partial charge in [-0.1, -0.05) is 355 Å². The molecular formula is C121H213Cl3O20. The van der Waals surface area contributed by atoms with E-state index in [9.17, 15) is 39.6 Å². The first-order valence-corrected chi connectivity index (χ1v) is 53.1. The number of Topliss-reactive ketones (excluding diaryl/α,β-unsaturated/α-hetero) is 4. The minimum absolute atomic E-state index is 0. The largest absolute Gasteiger partial charge is 0.396 e. The van der Waals surface area contributed by atoms with Gasteiger partial charge in [-0.05, 0) is 182 Å². The molecule has 144 heavy (non-hydrogen) atoms. The fourth-order valence-electron chi connectivity index (χ4n) is 15.4. The van der Waals surface area contributed by atoms with Crippen molar-refractivity contribution >= 4 is 57.9 Å². The molecule has 23 heteroatoms. The smallest absolute Gasteiger partial charge is 0.164 e. The molecule has 0 aliphatic carbocycles. The van der Waals surface area contributed by atoms with Crippen molar-refractivity contribution in [1.29, 1.82) is 0 Å². The van der Waals surface area contributed by atoms with E-state index in [1.54, 1.807) is 14.0 Å². The van der Waals surface area contributed by atoms with Gasteiger partial charge in [0.2, 0.25) is 0 Å². The first-order chi connectivity index (χ1) is 66.0. The summed E-state index contributed by atoms with van der Waals surface area (Å²) in [6.45, 7) is 27.5. The fraction of sp³-hybridized carbons (Fsp3) is 0.702. The van der Waals surface area contributed by atoms with Gasteiger partial charge in [0.15, 0.2) is 11.6 Å². The number of unbranched alkanes of at least 4 members (excludes halogenated alkanes) is 7. The van der Waals surface area contributed by atoms with Gasteiger partial charge < -0.3 is 82.8 Å². The number of aliphatic hydroxyl groups is 6. The summed E-state index contributed by atoms with van der Waals surface area (Å²) in [6, 6.07) is 50.5. The molecular weight excluding hydrogens is 1880 g/mol. The van der Waals surface area contributed by atoms with Crippen LogP contribution in [-0.2, 0) is 99.6 Å². The molecule has 0 radical (unpaired) electrons. The molecule has 4 fully saturated rings. The fourth-order valence-corrected chi connectivity index (χ4v) is 16.1. The number of rotatable bonds is 64. The van der Waals surface area contributed by atoms with Gasteiger partial charge in [0, 0.05) is 98.3 Å². The van der Waals surface area contributed by atoms with Crippen LogP contribution < -0.4 is 0 Å². The number of halogens is 3. The highest BCUT2D eigenvalue weighted by atomic mass is 35.5. The van der Waals surface area contributed by atoms with Crippen LogP contribution in [0.4, 0.5) is 0 Å². The molecule has 20 nitrogen and oxygen atoms in total. The summed E-state index contributed by atoms with van der Waals surface area (Å²) in [4.78, 5) is 45.1. The summed E-state index contributed by atoms with van der Waals surface area (Å²) in [5, 5.41) is 56.4. The lowest BCUT2D eigenvalue weighted by Gasteiger charge is -2.20. The second-order valence-corrected chi connectivity index (χ2v) is 37.8. The van der Waals surface area contributed by atoms with Crippen LogP contribution in [0.15, 0.2) is 164 Å². The highest BCUT2D eigenvalue weighted by Gasteiger charge is 2.35. The minimum Gasteiger partial charge on any atom is -0.396 e. The van der Waals surface area contributed by atoms with E-state index >= 15 is 0 Å². The van der Waals surface area contributed by atoms with Crippen molar-refractivity contribution in [3.05, 3.63) is 192 Å². The molecule has 5 aromatic rings. The maximum absolute atomic E-state index is 11.9. The number of methoxy groups -OCH3 is 1. The van der Waals surface area contributed by atoms with Gasteiger partial charge >= 0.3 is 0 Å². The summed E-state index contributed by atoms with van der Waals surface area (Å²) < 4.78 is 56.2. The number of ketones is 4. The predicted octanol–water partition coefficient (Wildman–Crippen LogP) is 30.0. The van der Waals surface area contributed by atoms with Gasteiger partial charge in [0.1, 0.15) is 29.3 Å². The van der Waals surface area contributed by atoms with Crippen LogP contribution in [0, 0.1) is 0 Å². The van der Waals surface area contributed by atoms with E-state index in [-0.39, 0.29) is 162 Å². The molecule has 4 aliphatic heterocycles. The Hall–Kier alpha value is -5.25. The van der Waals surface area contributed by atoms with Crippen LogP contribution in [0.25, 0.3) is 0 Å². The average Bonchev–Trinajstić information content (AvgIpc) is 1.75. The second-order valence-electron chi connectivity index (χ2n) is 36.2. The highest BCUT2D eigenvalue weighted by Crippen LogP contribution is 2.32. The number of ether oxygens (including phenoxy) is 10. The number of hydrogen-bond acceptors (Lipinski definition) is 20. The van der Waals surface area contributed by atoms with Crippen LogP contribution in [0.1, 0.15) is 406 Å². The maximum atomic E-state index is 11.9. The Balaban J connectivity index is -0.000000300. The van der Waals surface area contributed by atoms with Gasteiger partial charge in [-0.25, -0.2) is 0 Å². The monoisotopic (exact) mass is 2090 g/mol. The summed E-state index contributed by atoms with van der Waals surface area (Å²) in [5.41, 5.74) is 6.92. The van der Waals surface area contributed by atoms with E-state index in [0.717, 1.165) is 204 Å². The molecule has 0 amide bonds. The number of carbonyl (C=O) groups excluding carboxylic acids is 4. The number of alkyl halides is 3. The van der Waals surface area contributed by atoms with Gasteiger partial charge in [-0.3, -0.25) is 14.4 Å². The molecule has 0 saturated carbocycles. The summed E-state index contributed by atoms with van der Waals surface area (Å²) in [7, 11) is 1.61. The van der Waals surface area contributed by atoms with Gasteiger partial charge in [-0.15, -0.1) is 23.2 Å². The molecule has 0 bridgehead atoms. The Bertz CT molecular complexity index is 3540. The van der Waals surface area contributed by atoms with E-state index in [1.807, 2.05) is 122 Å². The van der Waals surface area contributed by atoms with Gasteiger partial charge in [0.25, 0.3) is 0 Å². The summed E-state index contributed by atoms with van der Waals surface area (Å²) in [6.07, 6.45) is 35.2. The molecule has 4 aliphatic rings. The topological polar surface area (TPSA) is 282 Å². The van der Waals surface area contributed by atoms with Crippen molar-refractivity contribution < 1.29 is 97.2 Å². The average molecular weight is 2090 g/mol. The molecule has 0 spiro atoms. The molecule has 4 saturated heterocycles. The van der Waals surface area contributed by atoms with Crippen molar-refractivity contribution in [3.63, 3.8) is 0 Å². The third-order valence-corrected chi connectivity index (χ3v) is 25.0. The zero-order valence-electron chi connectivity index (χ0n) is 84.8. The van der Waals surface area contributed by atoms with E-state index in [2.05, 4.69) is 84.5 Å². The van der Waals surface area contributed by atoms with Gasteiger partial charge in [-0.2, -0.15) is 0 Å². The number of benzene rings is 5. The van der Waals surface area contributed by atoms with Crippen molar-refractivity contribution in [2.24, 2.45) is 0 Å². The lowest BCUT2D eigenvalue weighted by Crippen LogP contribution is -2.26. The molecule has 9 rings (SSSR count). The Morgan fingerprint density at radius 3 is 1.06 bits per heavy atom. The van der Waals surface area contributed by atoms with Crippen LogP contribution in [0.5, 0.6) is 0 Å². The zero-order valence-corrected chi connectivity index (χ0v) is 87.1. The van der Waals surface area contributed by atoms with Gasteiger partial charge in [0.05, 0.1) is 105 Å². The van der Waals surface area contributed by atoms with Crippen molar-refractivity contribution in [1.82, 2.24) is 0 Å². The van der Waals surface area contributed by atoms with Crippen LogP contribution in [0.2, 0.25) is 0 Å². The molecule has 0 unspecified atom stereocenters. The Morgan fingerprint density at radius 2 is 0.701 bits per heavy atom. The Labute approximate surface area is 895 Å². The van der Waals surface area contributed by atoms with Crippen LogP contribution in [0.3, 0.4) is 0 Å². The first-order valence-electron chi connectivity index (χ1n) is 51.8. The first kappa shape index (κ1) is 152. The quantitative estimate of drug-likeness (QED) is 0.0120. The second kappa shape index (κ2) is 104. The van der Waals surface area contributed by atoms with E-state index < -0.39 is 18.3 Å². The third kappa shape index (κ3) is 80.7. The van der Waals surface area contributed by atoms with Crippen molar-refractivity contribution in [3.8, 4) is 0 Å². The number of hydrogen-bond donors (Lipinski definition) is 6. The van der Waals surface area contributed by atoms with Crippen LogP contribution in [-0.4, -0.2) is 197 Å². The van der Waals surface area contributed by atoms with E-state index in [4.69, 9.17) is 92.4 Å². The minimum atomic E-state index is -0.750. The standard InChI is InChI=1S/C18H29ClO3.C18H27ClO3.C18H28O3.C18H26O3.C12H17ClO2.C12H22O2.C11H20O3.C6H12O.8CH4/c2*1-2-3-10-16(20)13-18(21)17(19)11-7-12-22-14-15-8-5-4-6-9-15;2*1-2-3-10-16-13-17(19)18(21-16)11-7-12-20-14-15-8-5-4-6-9-15;1-14-12(13)8-5-9-15-10-11-6-3-2-4-7-11;1-3-4-6-11-9-10(2)12(14-11)7-5-8-13;1-2-3-5-9-8-10(13)11(14-9)6-4-7-12;1-3-4-5-6(2)7;;;;;;;;/h4-6,8-9,16-18,20-21H,2-3,7,10-14H2,1H3;4-6,8-9,17-18,21H,2-3,7,10-14H2,1H3;4-6,8-9,16-19H,2-3,7,10-14H2,1H3;4-6,8-9,16,18H,2-3,7,10-14H2,1H3;2-4,6-7,12H,5,8-10H2,1H3;11-13H,2-9H2,1H3;9,11-12H,2-8H2,1H3;3-5H2,1-2H3;8*1H4/t16-,17+,18-;17-,18+;16-,17-,18-;16-,18-;12-;11-,12-;9-,11-;;;;;;;;;/m0100000........./s1. The van der Waals surface area contributed by atoms with E-state index in [0.29, 0.717) is 116 Å². The maximum Gasteiger partial charge on any atom is 0.164 e. The van der Waals surface area contributed by atoms with Crippen molar-refractivity contribution in [2.45, 2.75) is 501 Å². The lowest BCUT2D eigenvalue weighted by molar-refractivity contribution is -0.123. The molecule has 6 N–H and O–H groups in total. The predicted molar refractivity (Wildman–Crippen MR) is 607 cm³/mol. The number of carbonyl (C=O) groups is 4. The molecule has 5 aromatic carbocycles. The van der Waals surface area contributed by atoms with Crippen molar-refractivity contribution in [2.75, 3.05) is 53.4 Å². The molecule has 4 heterocycles. The van der Waals surface area contributed by atoms with Crippen LogP contribution >= 0.6 is 34.8 Å². The van der Waals surface area contributed by atoms with E-state index in [1.165, 1.54) is 47.9 Å². The Morgan fingerprint density at radius 1 is 0.382 bits per heavy atom. The highest BCUT2D eigenvalue weighted by molar-refractivity contribution is 6.21. The molecule has 0 aromatic heterocycles. The Kier molecular flexibility index (Phi) is 109. The zero-order chi connectivity index (χ0) is 99.7. The summed E-state index contributed by atoms with van der Waals surface area (Å²) >= 11 is 18.1. The molecule has 15 atom stereocenters.